The van der Waals surface area contributed by atoms with E-state index >= 15 is 0 Å². The first-order valence-electron chi connectivity index (χ1n) is 6.61. The van der Waals surface area contributed by atoms with Crippen molar-refractivity contribution >= 4 is 33.4 Å². The molecule has 0 spiro atoms. The van der Waals surface area contributed by atoms with Crippen LogP contribution in [0.3, 0.4) is 0 Å². The van der Waals surface area contributed by atoms with Crippen LogP contribution in [0.15, 0.2) is 46.9 Å². The van der Waals surface area contributed by atoms with Gasteiger partial charge in [-0.15, -0.1) is 0 Å². The molecule has 2 aromatic carbocycles. The molecule has 0 aliphatic heterocycles. The van der Waals surface area contributed by atoms with Crippen LogP contribution in [-0.2, 0) is 0 Å². The number of hydrogen-bond acceptors (Lipinski definition) is 5. The third kappa shape index (κ3) is 4.07. The van der Waals surface area contributed by atoms with Crippen LogP contribution in [0, 0.1) is 10.1 Å². The summed E-state index contributed by atoms with van der Waals surface area (Å²) in [5, 5.41) is 10.7. The van der Waals surface area contributed by atoms with E-state index in [-0.39, 0.29) is 16.8 Å². The minimum Gasteiger partial charge on any atom is -0.497 e. The highest BCUT2D eigenvalue weighted by molar-refractivity contribution is 9.10. The molecule has 124 valence electrons. The van der Waals surface area contributed by atoms with Crippen molar-refractivity contribution in [2.75, 3.05) is 7.11 Å². The molecule has 2 N–H and O–H groups in total. The average molecular weight is 394 g/mol. The molecule has 0 aliphatic carbocycles. The number of carbonyl (C=O) groups is 2. The SMILES string of the molecule is COc1ccc(Br)c(C(=O)NNC(=O)c2cccc([N+](=O)[O-])c2)c1. The Morgan fingerprint density at radius 1 is 1.12 bits per heavy atom. The van der Waals surface area contributed by atoms with Crippen LogP contribution in [0.5, 0.6) is 5.75 Å². The summed E-state index contributed by atoms with van der Waals surface area (Å²) in [6, 6.07) is 9.97. The third-order valence-corrected chi connectivity index (χ3v) is 3.72. The van der Waals surface area contributed by atoms with Gasteiger partial charge in [-0.3, -0.25) is 30.6 Å². The van der Waals surface area contributed by atoms with Crippen LogP contribution >= 0.6 is 15.9 Å². The van der Waals surface area contributed by atoms with Gasteiger partial charge < -0.3 is 4.74 Å². The Morgan fingerprint density at radius 2 is 1.83 bits per heavy atom. The molecular weight excluding hydrogens is 382 g/mol. The molecule has 0 radical (unpaired) electrons. The standard InChI is InChI=1S/C15H12BrN3O5/c1-24-11-5-6-13(16)12(8-11)15(21)18-17-14(20)9-3-2-4-10(7-9)19(22)23/h2-8H,1H3,(H,17,20)(H,18,21). The van der Waals surface area contributed by atoms with Crippen LogP contribution < -0.4 is 15.6 Å². The molecule has 0 aromatic heterocycles. The second-order valence-electron chi connectivity index (χ2n) is 4.56. The van der Waals surface area contributed by atoms with Crippen molar-refractivity contribution in [1.82, 2.24) is 10.9 Å². The van der Waals surface area contributed by atoms with E-state index in [4.69, 9.17) is 4.74 Å². The van der Waals surface area contributed by atoms with E-state index in [0.717, 1.165) is 6.07 Å². The maximum atomic E-state index is 12.1. The molecule has 8 nitrogen and oxygen atoms in total. The molecule has 0 atom stereocenters. The zero-order valence-corrected chi connectivity index (χ0v) is 14.0. The van der Waals surface area contributed by atoms with Gasteiger partial charge >= 0.3 is 0 Å². The normalized spacial score (nSPS) is 9.92. The van der Waals surface area contributed by atoms with Crippen molar-refractivity contribution in [3.63, 3.8) is 0 Å². The summed E-state index contributed by atoms with van der Waals surface area (Å²) in [4.78, 5) is 34.2. The summed E-state index contributed by atoms with van der Waals surface area (Å²) in [6.07, 6.45) is 0. The van der Waals surface area contributed by atoms with E-state index in [9.17, 15) is 19.7 Å². The van der Waals surface area contributed by atoms with Crippen LogP contribution in [-0.4, -0.2) is 23.8 Å². The average Bonchev–Trinajstić information content (AvgIpc) is 2.59. The highest BCUT2D eigenvalue weighted by atomic mass is 79.9. The summed E-state index contributed by atoms with van der Waals surface area (Å²) >= 11 is 3.23. The highest BCUT2D eigenvalue weighted by Crippen LogP contribution is 2.22. The third-order valence-electron chi connectivity index (χ3n) is 3.03. The zero-order valence-electron chi connectivity index (χ0n) is 12.4. The predicted octanol–water partition coefficient (Wildman–Crippen LogP) is 2.44. The number of halogens is 1. The quantitative estimate of drug-likeness (QED) is 0.612. The summed E-state index contributed by atoms with van der Waals surface area (Å²) in [5.41, 5.74) is 4.54. The lowest BCUT2D eigenvalue weighted by atomic mass is 10.2. The monoisotopic (exact) mass is 393 g/mol. The number of non-ortho nitro benzene ring substituents is 1. The van der Waals surface area contributed by atoms with Gasteiger partial charge in [-0.05, 0) is 40.2 Å². The summed E-state index contributed by atoms with van der Waals surface area (Å²) < 4.78 is 5.56. The summed E-state index contributed by atoms with van der Waals surface area (Å²) in [6.45, 7) is 0. The number of benzene rings is 2. The number of nitrogens with one attached hydrogen (secondary N) is 2. The molecule has 0 saturated carbocycles. The van der Waals surface area contributed by atoms with Gasteiger partial charge in [0.15, 0.2) is 0 Å². The summed E-state index contributed by atoms with van der Waals surface area (Å²) in [5.74, 6) is -0.765. The molecule has 0 fully saturated rings. The Morgan fingerprint density at radius 3 is 2.50 bits per heavy atom. The Bertz CT molecular complexity index is 809. The van der Waals surface area contributed by atoms with Crippen molar-refractivity contribution in [2.45, 2.75) is 0 Å². The molecule has 0 aliphatic rings. The number of amides is 2. The number of nitro benzene ring substituents is 1. The Kier molecular flexibility index (Phi) is 5.48. The smallest absolute Gasteiger partial charge is 0.270 e. The fraction of sp³-hybridized carbons (Fsp3) is 0.0667. The highest BCUT2D eigenvalue weighted by Gasteiger charge is 2.15. The van der Waals surface area contributed by atoms with Crippen LogP contribution in [0.4, 0.5) is 5.69 Å². The molecule has 0 heterocycles. The number of hydrazine groups is 1. The fourth-order valence-corrected chi connectivity index (χ4v) is 2.25. The van der Waals surface area contributed by atoms with Crippen molar-refractivity contribution in [2.24, 2.45) is 0 Å². The largest absolute Gasteiger partial charge is 0.497 e. The molecule has 2 aromatic rings. The molecule has 0 bridgehead atoms. The van der Waals surface area contributed by atoms with Gasteiger partial charge in [0.05, 0.1) is 17.6 Å². The van der Waals surface area contributed by atoms with E-state index in [0.29, 0.717) is 10.2 Å². The van der Waals surface area contributed by atoms with E-state index in [2.05, 4.69) is 26.8 Å². The lowest BCUT2D eigenvalue weighted by Crippen LogP contribution is -2.41. The van der Waals surface area contributed by atoms with E-state index < -0.39 is 16.7 Å². The van der Waals surface area contributed by atoms with Crippen LogP contribution in [0.1, 0.15) is 20.7 Å². The lowest BCUT2D eigenvalue weighted by Gasteiger charge is -2.10. The number of nitro groups is 1. The second kappa shape index (κ2) is 7.55. The summed E-state index contributed by atoms with van der Waals surface area (Å²) in [7, 11) is 1.47. The van der Waals surface area contributed by atoms with Crippen molar-refractivity contribution in [3.8, 4) is 5.75 Å². The van der Waals surface area contributed by atoms with Gasteiger partial charge in [-0.1, -0.05) is 6.07 Å². The fourth-order valence-electron chi connectivity index (χ4n) is 1.82. The topological polar surface area (TPSA) is 111 Å². The van der Waals surface area contributed by atoms with Crippen molar-refractivity contribution in [3.05, 3.63) is 68.2 Å². The molecular formula is C15H12BrN3O5. The Labute approximate surface area is 145 Å². The number of carbonyl (C=O) groups excluding carboxylic acids is 2. The number of rotatable bonds is 4. The Balaban J connectivity index is 2.07. The van der Waals surface area contributed by atoms with E-state index in [1.165, 1.54) is 31.4 Å². The molecule has 9 heteroatoms. The first-order chi connectivity index (χ1) is 11.4. The first kappa shape index (κ1) is 17.4. The lowest BCUT2D eigenvalue weighted by molar-refractivity contribution is -0.384. The van der Waals surface area contributed by atoms with Gasteiger partial charge in [-0.2, -0.15) is 0 Å². The van der Waals surface area contributed by atoms with Gasteiger partial charge in [0.2, 0.25) is 0 Å². The maximum absolute atomic E-state index is 12.1. The number of ether oxygens (including phenoxy) is 1. The molecule has 2 amide bonds. The minimum absolute atomic E-state index is 0.0502. The number of nitrogens with zero attached hydrogens (tertiary/aromatic N) is 1. The van der Waals surface area contributed by atoms with Gasteiger partial charge in [0.1, 0.15) is 5.75 Å². The maximum Gasteiger partial charge on any atom is 0.270 e. The molecule has 0 saturated heterocycles. The van der Waals surface area contributed by atoms with E-state index in [1.54, 1.807) is 12.1 Å². The molecule has 2 rings (SSSR count). The van der Waals surface area contributed by atoms with Crippen molar-refractivity contribution in [1.29, 1.82) is 0 Å². The Hall–Kier alpha value is -2.94. The van der Waals surface area contributed by atoms with Crippen LogP contribution in [0.2, 0.25) is 0 Å². The number of methoxy groups -OCH3 is 1. The first-order valence-corrected chi connectivity index (χ1v) is 7.40. The van der Waals surface area contributed by atoms with Gasteiger partial charge in [-0.25, -0.2) is 0 Å². The van der Waals surface area contributed by atoms with Crippen molar-refractivity contribution < 1.29 is 19.2 Å². The number of hydrogen-bond donors (Lipinski definition) is 2. The van der Waals surface area contributed by atoms with Gasteiger partial charge in [0, 0.05) is 22.2 Å². The van der Waals surface area contributed by atoms with Crippen LogP contribution in [0.25, 0.3) is 0 Å². The predicted molar refractivity (Wildman–Crippen MR) is 88.7 cm³/mol. The molecule has 24 heavy (non-hydrogen) atoms. The second-order valence-corrected chi connectivity index (χ2v) is 5.42. The molecule has 0 unspecified atom stereocenters. The van der Waals surface area contributed by atoms with Gasteiger partial charge in [0.25, 0.3) is 17.5 Å². The zero-order chi connectivity index (χ0) is 17.7. The minimum atomic E-state index is -0.675. The van der Waals surface area contributed by atoms with E-state index in [1.807, 2.05) is 0 Å².